The third-order valence-electron chi connectivity index (χ3n) is 1.02. The Hall–Kier alpha value is -0.970. The fourth-order valence-corrected chi connectivity index (χ4v) is 0.482. The summed E-state index contributed by atoms with van der Waals surface area (Å²) in [5.41, 5.74) is 0. The van der Waals surface area contributed by atoms with Gasteiger partial charge in [0.2, 0.25) is 0 Å². The fourth-order valence-electron chi connectivity index (χ4n) is 0.482. The highest BCUT2D eigenvalue weighted by Gasteiger charge is 1.81. The molecule has 0 aromatic rings. The first-order valence-electron chi connectivity index (χ1n) is 4.25. The molecule has 0 aromatic carbocycles. The summed E-state index contributed by atoms with van der Waals surface area (Å²) < 4.78 is 4.40. The quantitative estimate of drug-likeness (QED) is 0.369. The summed E-state index contributed by atoms with van der Waals surface area (Å²) in [6, 6.07) is 0. The van der Waals surface area contributed by atoms with Crippen molar-refractivity contribution in [2.24, 2.45) is 0 Å². The lowest BCUT2D eigenvalue weighted by molar-refractivity contribution is -0.140. The molecule has 0 radical (unpaired) electrons. The van der Waals surface area contributed by atoms with E-state index in [1.54, 1.807) is 6.92 Å². The first kappa shape index (κ1) is 13.6. The summed E-state index contributed by atoms with van der Waals surface area (Å²) in [5, 5.41) is 0. The highest BCUT2D eigenvalue weighted by atomic mass is 16.5. The average molecular weight is 170 g/mol. The fraction of sp³-hybridized carbons (Fsp3) is 0.700. The second-order valence-electron chi connectivity index (χ2n) is 2.23. The van der Waals surface area contributed by atoms with Gasteiger partial charge >= 0.3 is 5.97 Å². The summed E-state index contributed by atoms with van der Waals surface area (Å²) in [6.45, 7) is 5.79. The predicted octanol–water partition coefficient (Wildman–Crippen LogP) is 2.38. The standard InChI is InChI=1S/C6H10.C4H8O2/c1-3-5-6-4-2;1-3-6-4(2)5/h1H,4-6H2,2H3;3H2,1-2H3. The lowest BCUT2D eigenvalue weighted by atomic mass is 10.3. The normalized spacial score (nSPS) is 7.50. The molecule has 0 bridgehead atoms. The van der Waals surface area contributed by atoms with E-state index < -0.39 is 0 Å². The van der Waals surface area contributed by atoms with Crippen LogP contribution in [0, 0.1) is 12.3 Å². The van der Waals surface area contributed by atoms with Crippen LogP contribution in [0.2, 0.25) is 0 Å². The van der Waals surface area contributed by atoms with Gasteiger partial charge in [-0.3, -0.25) is 4.79 Å². The van der Waals surface area contributed by atoms with Crippen molar-refractivity contribution >= 4 is 5.97 Å². The number of esters is 1. The van der Waals surface area contributed by atoms with Crippen LogP contribution >= 0.6 is 0 Å². The Balaban J connectivity index is 0. The molecule has 0 saturated heterocycles. The topological polar surface area (TPSA) is 26.3 Å². The van der Waals surface area contributed by atoms with Gasteiger partial charge in [0.1, 0.15) is 0 Å². The summed E-state index contributed by atoms with van der Waals surface area (Å²) in [6.07, 6.45) is 8.30. The Morgan fingerprint density at radius 1 is 1.50 bits per heavy atom. The van der Waals surface area contributed by atoms with Crippen molar-refractivity contribution in [2.75, 3.05) is 6.61 Å². The first-order valence-corrected chi connectivity index (χ1v) is 4.25. The van der Waals surface area contributed by atoms with E-state index in [9.17, 15) is 4.79 Å². The van der Waals surface area contributed by atoms with Crippen molar-refractivity contribution in [1.29, 1.82) is 0 Å². The van der Waals surface area contributed by atoms with Gasteiger partial charge in [0.05, 0.1) is 6.61 Å². The van der Waals surface area contributed by atoms with E-state index in [-0.39, 0.29) is 5.97 Å². The molecule has 0 N–H and O–H groups in total. The molecule has 0 fully saturated rings. The first-order chi connectivity index (χ1) is 5.68. The largest absolute Gasteiger partial charge is 0.466 e. The van der Waals surface area contributed by atoms with Gasteiger partial charge in [-0.25, -0.2) is 0 Å². The minimum atomic E-state index is -0.211. The maximum absolute atomic E-state index is 9.82. The molecule has 0 rings (SSSR count). The number of carbonyl (C=O) groups is 1. The molecule has 0 unspecified atom stereocenters. The number of hydrogen-bond donors (Lipinski definition) is 0. The number of terminal acetylenes is 1. The van der Waals surface area contributed by atoms with Gasteiger partial charge < -0.3 is 4.74 Å². The summed E-state index contributed by atoms with van der Waals surface area (Å²) in [7, 11) is 0. The smallest absolute Gasteiger partial charge is 0.302 e. The molecule has 0 aliphatic rings. The number of ether oxygens (including phenoxy) is 1. The van der Waals surface area contributed by atoms with Gasteiger partial charge in [-0.15, -0.1) is 12.3 Å². The molecule has 0 aromatic heterocycles. The van der Waals surface area contributed by atoms with Crippen LogP contribution in [0.3, 0.4) is 0 Å². The van der Waals surface area contributed by atoms with E-state index in [1.807, 2.05) is 0 Å². The van der Waals surface area contributed by atoms with Crippen molar-refractivity contribution in [1.82, 2.24) is 0 Å². The number of rotatable bonds is 3. The van der Waals surface area contributed by atoms with Gasteiger partial charge in [-0.1, -0.05) is 13.3 Å². The third-order valence-corrected chi connectivity index (χ3v) is 1.02. The lowest BCUT2D eigenvalue weighted by Crippen LogP contribution is -1.95. The zero-order chi connectivity index (χ0) is 9.82. The minimum Gasteiger partial charge on any atom is -0.466 e. The SMILES string of the molecule is C#CCCCC.CCOC(C)=O. The van der Waals surface area contributed by atoms with Crippen LogP contribution in [0.15, 0.2) is 0 Å². The molecule has 0 aliphatic carbocycles. The number of unbranched alkanes of at least 4 members (excludes halogenated alkanes) is 2. The van der Waals surface area contributed by atoms with Crippen LogP contribution in [0.1, 0.15) is 40.0 Å². The highest BCUT2D eigenvalue weighted by Crippen LogP contribution is 1.88. The van der Waals surface area contributed by atoms with Gasteiger partial charge in [0, 0.05) is 13.3 Å². The van der Waals surface area contributed by atoms with E-state index >= 15 is 0 Å². The summed E-state index contributed by atoms with van der Waals surface area (Å²) in [4.78, 5) is 9.82. The van der Waals surface area contributed by atoms with Crippen LogP contribution in [0.25, 0.3) is 0 Å². The zero-order valence-corrected chi connectivity index (χ0v) is 8.22. The van der Waals surface area contributed by atoms with Crippen LogP contribution in [-0.2, 0) is 9.53 Å². The third kappa shape index (κ3) is 23.0. The van der Waals surface area contributed by atoms with Crippen LogP contribution in [0.4, 0.5) is 0 Å². The molecule has 0 aliphatic heterocycles. The lowest BCUT2D eigenvalue weighted by Gasteiger charge is -1.89. The maximum Gasteiger partial charge on any atom is 0.302 e. The van der Waals surface area contributed by atoms with E-state index in [1.165, 1.54) is 19.8 Å². The molecular formula is C10H18O2. The Kier molecular flexibility index (Phi) is 14.4. The molecule has 12 heavy (non-hydrogen) atoms. The van der Waals surface area contributed by atoms with E-state index in [0.717, 1.165) is 6.42 Å². The van der Waals surface area contributed by atoms with Gasteiger partial charge in [0.15, 0.2) is 0 Å². The second kappa shape index (κ2) is 12.7. The van der Waals surface area contributed by atoms with Crippen LogP contribution in [0.5, 0.6) is 0 Å². The van der Waals surface area contributed by atoms with Crippen LogP contribution < -0.4 is 0 Å². The Labute approximate surface area is 75.3 Å². The number of hydrogen-bond acceptors (Lipinski definition) is 2. The molecule has 0 amide bonds. The Morgan fingerprint density at radius 3 is 2.17 bits per heavy atom. The molecule has 0 spiro atoms. The zero-order valence-electron chi connectivity index (χ0n) is 8.22. The van der Waals surface area contributed by atoms with Gasteiger partial charge in [-0.05, 0) is 13.3 Å². The molecule has 0 atom stereocenters. The molecule has 2 heteroatoms. The maximum atomic E-state index is 9.82. The minimum absolute atomic E-state index is 0.211. The van der Waals surface area contributed by atoms with Crippen molar-refractivity contribution in [2.45, 2.75) is 40.0 Å². The monoisotopic (exact) mass is 170 g/mol. The van der Waals surface area contributed by atoms with Gasteiger partial charge in [-0.2, -0.15) is 0 Å². The predicted molar refractivity (Wildman–Crippen MR) is 50.7 cm³/mol. The Bertz CT molecular complexity index is 133. The van der Waals surface area contributed by atoms with Crippen molar-refractivity contribution in [3.05, 3.63) is 0 Å². The van der Waals surface area contributed by atoms with E-state index in [2.05, 4.69) is 17.6 Å². The number of carbonyl (C=O) groups excluding carboxylic acids is 1. The van der Waals surface area contributed by atoms with E-state index in [4.69, 9.17) is 6.42 Å². The molecule has 70 valence electrons. The summed E-state index contributed by atoms with van der Waals surface area (Å²) in [5.74, 6) is 2.36. The van der Waals surface area contributed by atoms with Crippen LogP contribution in [-0.4, -0.2) is 12.6 Å². The van der Waals surface area contributed by atoms with Crippen molar-refractivity contribution in [3.63, 3.8) is 0 Å². The molecular weight excluding hydrogens is 152 g/mol. The highest BCUT2D eigenvalue weighted by molar-refractivity contribution is 5.65. The molecule has 0 heterocycles. The van der Waals surface area contributed by atoms with Crippen molar-refractivity contribution < 1.29 is 9.53 Å². The van der Waals surface area contributed by atoms with Crippen molar-refractivity contribution in [3.8, 4) is 12.3 Å². The second-order valence-corrected chi connectivity index (χ2v) is 2.23. The average Bonchev–Trinajstić information content (AvgIpc) is 2.02. The molecule has 2 nitrogen and oxygen atoms in total. The van der Waals surface area contributed by atoms with E-state index in [0.29, 0.717) is 6.61 Å². The Morgan fingerprint density at radius 2 is 2.08 bits per heavy atom. The molecule has 0 saturated carbocycles. The summed E-state index contributed by atoms with van der Waals surface area (Å²) >= 11 is 0. The van der Waals surface area contributed by atoms with Gasteiger partial charge in [0.25, 0.3) is 0 Å².